The van der Waals surface area contributed by atoms with Crippen LogP contribution in [0.1, 0.15) is 29.5 Å². The molecule has 0 amide bonds. The van der Waals surface area contributed by atoms with Gasteiger partial charge in [0.15, 0.2) is 0 Å². The molecule has 2 heterocycles. The van der Waals surface area contributed by atoms with Gasteiger partial charge in [-0.25, -0.2) is 4.98 Å². The highest BCUT2D eigenvalue weighted by molar-refractivity contribution is 7.09. The molecule has 0 aliphatic rings. The Morgan fingerprint density at radius 3 is 2.89 bits per heavy atom. The van der Waals surface area contributed by atoms with Crippen molar-refractivity contribution < 1.29 is 4.74 Å². The van der Waals surface area contributed by atoms with Gasteiger partial charge in [0.2, 0.25) is 5.88 Å². The first-order valence-corrected chi connectivity index (χ1v) is 7.50. The van der Waals surface area contributed by atoms with Gasteiger partial charge in [-0.3, -0.25) is 0 Å². The van der Waals surface area contributed by atoms with Gasteiger partial charge >= 0.3 is 0 Å². The highest BCUT2D eigenvalue weighted by Crippen LogP contribution is 2.16. The first-order valence-electron chi connectivity index (χ1n) is 6.62. The van der Waals surface area contributed by atoms with Crippen molar-refractivity contribution in [3.63, 3.8) is 0 Å². The number of hydrogen-bond acceptors (Lipinski definition) is 4. The first-order chi connectivity index (χ1) is 9.29. The van der Waals surface area contributed by atoms with Crippen molar-refractivity contribution in [3.8, 4) is 5.88 Å². The van der Waals surface area contributed by atoms with Gasteiger partial charge in [-0.1, -0.05) is 19.1 Å². The topological polar surface area (TPSA) is 34.1 Å². The monoisotopic (exact) mass is 276 g/mol. The minimum absolute atomic E-state index is 0.595. The Kier molecular flexibility index (Phi) is 5.36. The Bertz CT molecular complexity index is 497. The lowest BCUT2D eigenvalue weighted by Crippen LogP contribution is -2.15. The number of ether oxygens (including phenoxy) is 1. The molecule has 0 fully saturated rings. The van der Waals surface area contributed by atoms with Crippen LogP contribution >= 0.6 is 11.3 Å². The average molecular weight is 276 g/mol. The number of aryl methyl sites for hydroxylation is 1. The molecule has 0 atom stereocenters. The Hall–Kier alpha value is -1.39. The predicted octanol–water partition coefficient (Wildman–Crippen LogP) is 3.53. The van der Waals surface area contributed by atoms with Crippen LogP contribution < -0.4 is 10.1 Å². The summed E-state index contributed by atoms with van der Waals surface area (Å²) in [4.78, 5) is 5.71. The zero-order chi connectivity index (χ0) is 13.5. The quantitative estimate of drug-likeness (QED) is 0.786. The number of rotatable bonds is 7. The van der Waals surface area contributed by atoms with Gasteiger partial charge in [-0.15, -0.1) is 11.3 Å². The van der Waals surface area contributed by atoms with Crippen molar-refractivity contribution in [3.05, 3.63) is 45.8 Å². The second-order valence-electron chi connectivity index (χ2n) is 4.44. The van der Waals surface area contributed by atoms with Crippen molar-refractivity contribution >= 4 is 11.3 Å². The highest BCUT2D eigenvalue weighted by atomic mass is 32.1. The summed E-state index contributed by atoms with van der Waals surface area (Å²) in [5, 5.41) is 5.44. The SMILES string of the molecule is CCCNCc1ccc(OCc2cccs2)nc1C. The summed E-state index contributed by atoms with van der Waals surface area (Å²) in [5.41, 5.74) is 2.27. The van der Waals surface area contributed by atoms with Crippen molar-refractivity contribution in [2.75, 3.05) is 6.54 Å². The lowest BCUT2D eigenvalue weighted by Gasteiger charge is -2.09. The first kappa shape index (κ1) is 14.0. The molecule has 2 aromatic rings. The third-order valence-electron chi connectivity index (χ3n) is 2.85. The molecular formula is C15H20N2OS. The normalized spacial score (nSPS) is 10.6. The fourth-order valence-corrected chi connectivity index (χ4v) is 2.39. The zero-order valence-corrected chi connectivity index (χ0v) is 12.3. The summed E-state index contributed by atoms with van der Waals surface area (Å²) < 4.78 is 5.69. The molecule has 19 heavy (non-hydrogen) atoms. The number of aromatic nitrogens is 1. The molecule has 0 saturated carbocycles. The van der Waals surface area contributed by atoms with Gasteiger partial charge in [0, 0.05) is 23.2 Å². The average Bonchev–Trinajstić information content (AvgIpc) is 2.92. The van der Waals surface area contributed by atoms with Crippen LogP contribution in [0.4, 0.5) is 0 Å². The fourth-order valence-electron chi connectivity index (χ4n) is 1.77. The van der Waals surface area contributed by atoms with Gasteiger partial charge in [-0.05, 0) is 36.9 Å². The molecule has 2 aromatic heterocycles. The van der Waals surface area contributed by atoms with Crippen molar-refractivity contribution in [2.45, 2.75) is 33.4 Å². The summed E-state index contributed by atoms with van der Waals surface area (Å²) in [6, 6.07) is 8.14. The summed E-state index contributed by atoms with van der Waals surface area (Å²) in [6.07, 6.45) is 1.15. The van der Waals surface area contributed by atoms with Gasteiger partial charge < -0.3 is 10.1 Å². The Morgan fingerprint density at radius 1 is 1.32 bits per heavy atom. The largest absolute Gasteiger partial charge is 0.472 e. The van der Waals surface area contributed by atoms with Gasteiger partial charge in [0.05, 0.1) is 0 Å². The standard InChI is InChI=1S/C15H20N2OS/c1-3-8-16-10-13-6-7-15(17-12(13)2)18-11-14-5-4-9-19-14/h4-7,9,16H,3,8,10-11H2,1-2H3. The molecule has 0 saturated heterocycles. The third kappa shape index (κ3) is 4.33. The minimum Gasteiger partial charge on any atom is -0.472 e. The molecule has 0 spiro atoms. The highest BCUT2D eigenvalue weighted by Gasteiger charge is 2.03. The number of hydrogen-bond donors (Lipinski definition) is 1. The Morgan fingerprint density at radius 2 is 2.21 bits per heavy atom. The second kappa shape index (κ2) is 7.26. The summed E-state index contributed by atoms with van der Waals surface area (Å²) >= 11 is 1.70. The third-order valence-corrected chi connectivity index (χ3v) is 3.70. The van der Waals surface area contributed by atoms with E-state index in [0.29, 0.717) is 12.5 Å². The number of nitrogens with one attached hydrogen (secondary N) is 1. The molecular weight excluding hydrogens is 256 g/mol. The minimum atomic E-state index is 0.595. The van der Waals surface area contributed by atoms with Crippen LogP contribution in [0, 0.1) is 6.92 Å². The van der Waals surface area contributed by atoms with E-state index in [2.05, 4.69) is 34.7 Å². The molecule has 0 unspecified atom stereocenters. The summed E-state index contributed by atoms with van der Waals surface area (Å²) in [7, 11) is 0. The molecule has 0 bridgehead atoms. The molecule has 4 heteroatoms. The van der Waals surface area contributed by atoms with Crippen LogP contribution in [-0.2, 0) is 13.2 Å². The van der Waals surface area contributed by atoms with Crippen LogP contribution in [0.15, 0.2) is 29.6 Å². The molecule has 102 valence electrons. The van der Waals surface area contributed by atoms with E-state index in [4.69, 9.17) is 4.74 Å². The number of thiophene rings is 1. The van der Waals surface area contributed by atoms with E-state index in [1.165, 1.54) is 10.4 Å². The summed E-state index contributed by atoms with van der Waals surface area (Å²) in [5.74, 6) is 0.699. The van der Waals surface area contributed by atoms with E-state index in [-0.39, 0.29) is 0 Å². The Labute approximate surface area is 118 Å². The van der Waals surface area contributed by atoms with E-state index in [9.17, 15) is 0 Å². The number of nitrogens with zero attached hydrogens (tertiary/aromatic N) is 1. The molecule has 0 aliphatic carbocycles. The molecule has 2 rings (SSSR count). The van der Waals surface area contributed by atoms with Crippen molar-refractivity contribution in [2.24, 2.45) is 0 Å². The van der Waals surface area contributed by atoms with E-state index >= 15 is 0 Å². The molecule has 0 aromatic carbocycles. The zero-order valence-electron chi connectivity index (χ0n) is 11.5. The molecule has 1 N–H and O–H groups in total. The van der Waals surface area contributed by atoms with E-state index in [1.807, 2.05) is 19.1 Å². The maximum absolute atomic E-state index is 5.69. The van der Waals surface area contributed by atoms with Crippen LogP contribution in [0.3, 0.4) is 0 Å². The lowest BCUT2D eigenvalue weighted by molar-refractivity contribution is 0.296. The fraction of sp³-hybridized carbons (Fsp3) is 0.400. The summed E-state index contributed by atoms with van der Waals surface area (Å²) in [6.45, 7) is 6.70. The molecule has 0 aliphatic heterocycles. The van der Waals surface area contributed by atoms with E-state index in [0.717, 1.165) is 25.2 Å². The maximum Gasteiger partial charge on any atom is 0.213 e. The van der Waals surface area contributed by atoms with Crippen LogP contribution in [-0.4, -0.2) is 11.5 Å². The Balaban J connectivity index is 1.90. The lowest BCUT2D eigenvalue weighted by atomic mass is 10.2. The molecule has 0 radical (unpaired) electrons. The second-order valence-corrected chi connectivity index (χ2v) is 5.47. The van der Waals surface area contributed by atoms with Crippen LogP contribution in [0.2, 0.25) is 0 Å². The smallest absolute Gasteiger partial charge is 0.213 e. The molecule has 3 nitrogen and oxygen atoms in total. The van der Waals surface area contributed by atoms with E-state index in [1.54, 1.807) is 11.3 Å². The van der Waals surface area contributed by atoms with Crippen LogP contribution in [0.5, 0.6) is 5.88 Å². The van der Waals surface area contributed by atoms with Gasteiger partial charge in [-0.2, -0.15) is 0 Å². The maximum atomic E-state index is 5.69. The van der Waals surface area contributed by atoms with Gasteiger partial charge in [0.1, 0.15) is 6.61 Å². The van der Waals surface area contributed by atoms with Crippen molar-refractivity contribution in [1.82, 2.24) is 10.3 Å². The number of pyridine rings is 1. The van der Waals surface area contributed by atoms with Crippen LogP contribution in [0.25, 0.3) is 0 Å². The van der Waals surface area contributed by atoms with Gasteiger partial charge in [0.25, 0.3) is 0 Å². The van der Waals surface area contributed by atoms with Crippen molar-refractivity contribution in [1.29, 1.82) is 0 Å². The predicted molar refractivity (Wildman–Crippen MR) is 79.6 cm³/mol. The van der Waals surface area contributed by atoms with E-state index < -0.39 is 0 Å².